The Morgan fingerprint density at radius 2 is 1.88 bits per heavy atom. The number of fused-ring (bicyclic) bond motifs is 3. The van der Waals surface area contributed by atoms with Gasteiger partial charge in [-0.3, -0.25) is 0 Å². The zero-order valence-corrected chi connectivity index (χ0v) is 20.4. The standard InChI is InChI=1S/C23H19BrF2N6O.ClH/c1-31-19-11-18(24)21(33-6-2-4-32-5-3-27-13-32)10-17(19)22-20(31)12-28-30-23(22)29-16-8-14(25)7-15(26)9-16;/h3,5,7-13H,2,4,6H2,1H3,(H,29,30);1H. The van der Waals surface area contributed by atoms with Gasteiger partial charge in [-0.25, -0.2) is 13.8 Å². The number of benzene rings is 2. The van der Waals surface area contributed by atoms with Crippen LogP contribution in [-0.4, -0.2) is 30.9 Å². The summed E-state index contributed by atoms with van der Waals surface area (Å²) in [4.78, 5) is 4.04. The highest BCUT2D eigenvalue weighted by Gasteiger charge is 2.17. The normalized spacial score (nSPS) is 11.1. The Balaban J connectivity index is 0.00000274. The van der Waals surface area contributed by atoms with Crippen LogP contribution in [0, 0.1) is 11.6 Å². The smallest absolute Gasteiger partial charge is 0.163 e. The molecule has 0 saturated heterocycles. The molecule has 0 bridgehead atoms. The second-order valence-electron chi connectivity index (χ2n) is 7.60. The number of hydrogen-bond acceptors (Lipinski definition) is 5. The van der Waals surface area contributed by atoms with Gasteiger partial charge in [0.25, 0.3) is 0 Å². The van der Waals surface area contributed by atoms with E-state index in [1.807, 2.05) is 34.5 Å². The molecule has 5 aromatic rings. The molecule has 0 atom stereocenters. The van der Waals surface area contributed by atoms with Crippen LogP contribution in [0.25, 0.3) is 21.8 Å². The molecule has 34 heavy (non-hydrogen) atoms. The highest BCUT2D eigenvalue weighted by atomic mass is 79.9. The van der Waals surface area contributed by atoms with Crippen LogP contribution in [0.2, 0.25) is 0 Å². The number of anilines is 2. The largest absolute Gasteiger partial charge is 0.492 e. The Morgan fingerprint density at radius 3 is 2.62 bits per heavy atom. The van der Waals surface area contributed by atoms with Crippen molar-refractivity contribution in [2.24, 2.45) is 7.05 Å². The molecule has 11 heteroatoms. The van der Waals surface area contributed by atoms with Gasteiger partial charge in [-0.2, -0.15) is 5.10 Å². The van der Waals surface area contributed by atoms with Gasteiger partial charge >= 0.3 is 0 Å². The van der Waals surface area contributed by atoms with Crippen LogP contribution in [0.4, 0.5) is 20.3 Å². The molecule has 3 aromatic heterocycles. The number of imidazole rings is 1. The lowest BCUT2D eigenvalue weighted by Gasteiger charge is -2.10. The van der Waals surface area contributed by atoms with Gasteiger partial charge in [0.15, 0.2) is 5.82 Å². The van der Waals surface area contributed by atoms with E-state index in [1.54, 1.807) is 18.7 Å². The molecule has 176 valence electrons. The minimum Gasteiger partial charge on any atom is -0.492 e. The maximum atomic E-state index is 13.7. The van der Waals surface area contributed by atoms with Gasteiger partial charge in [0.2, 0.25) is 0 Å². The van der Waals surface area contributed by atoms with Crippen LogP contribution in [0.3, 0.4) is 0 Å². The van der Waals surface area contributed by atoms with Gasteiger partial charge in [0.05, 0.1) is 40.0 Å². The first-order valence-electron chi connectivity index (χ1n) is 10.2. The number of nitrogens with zero attached hydrogens (tertiary/aromatic N) is 5. The van der Waals surface area contributed by atoms with Crippen molar-refractivity contribution >= 4 is 61.6 Å². The van der Waals surface area contributed by atoms with Gasteiger partial charge in [0, 0.05) is 43.1 Å². The Labute approximate surface area is 208 Å². The highest BCUT2D eigenvalue weighted by molar-refractivity contribution is 9.10. The average molecular weight is 550 g/mol. The lowest BCUT2D eigenvalue weighted by Crippen LogP contribution is -2.03. The van der Waals surface area contributed by atoms with Crippen molar-refractivity contribution < 1.29 is 13.5 Å². The molecule has 1 N–H and O–H groups in total. The van der Waals surface area contributed by atoms with Crippen LogP contribution in [0.1, 0.15) is 6.42 Å². The molecule has 0 radical (unpaired) electrons. The summed E-state index contributed by atoms with van der Waals surface area (Å²) in [6.07, 6.45) is 7.92. The van der Waals surface area contributed by atoms with Crippen molar-refractivity contribution in [3.63, 3.8) is 0 Å². The molecule has 0 spiro atoms. The molecule has 0 aliphatic rings. The van der Waals surface area contributed by atoms with E-state index >= 15 is 0 Å². The number of hydrogen-bond donors (Lipinski definition) is 1. The monoisotopic (exact) mass is 548 g/mol. The SMILES string of the molecule is Cl.Cn1c2cc(Br)c(OCCCn3ccnc3)cc2c2c(Nc3cc(F)cc(F)c3)nncc21. The van der Waals surface area contributed by atoms with Crippen LogP contribution in [0.5, 0.6) is 5.75 Å². The van der Waals surface area contributed by atoms with Crippen molar-refractivity contribution in [3.8, 4) is 5.75 Å². The molecule has 0 fully saturated rings. The third-order valence-electron chi connectivity index (χ3n) is 5.38. The van der Waals surface area contributed by atoms with Crippen LogP contribution in [-0.2, 0) is 13.6 Å². The third kappa shape index (κ3) is 4.69. The molecule has 5 rings (SSSR count). The molecule has 0 unspecified atom stereocenters. The first-order valence-corrected chi connectivity index (χ1v) is 11.0. The Kier molecular flexibility index (Phi) is 6.99. The van der Waals surface area contributed by atoms with Crippen molar-refractivity contribution in [2.45, 2.75) is 13.0 Å². The molecular weight excluding hydrogens is 530 g/mol. The maximum absolute atomic E-state index is 13.7. The van der Waals surface area contributed by atoms with Crippen LogP contribution < -0.4 is 10.1 Å². The Bertz CT molecular complexity index is 1440. The number of aromatic nitrogens is 5. The van der Waals surface area contributed by atoms with Crippen molar-refractivity contribution in [3.05, 3.63) is 71.4 Å². The predicted octanol–water partition coefficient (Wildman–Crippen LogP) is 5.99. The Morgan fingerprint density at radius 1 is 1.09 bits per heavy atom. The van der Waals surface area contributed by atoms with Gasteiger partial charge in [-0.1, -0.05) is 0 Å². The number of halogens is 4. The fourth-order valence-corrected chi connectivity index (χ4v) is 4.30. The van der Waals surface area contributed by atoms with Gasteiger partial charge in [-0.15, -0.1) is 17.5 Å². The first kappa shape index (κ1) is 23.9. The maximum Gasteiger partial charge on any atom is 0.163 e. The molecule has 7 nitrogen and oxygen atoms in total. The zero-order chi connectivity index (χ0) is 22.9. The van der Waals surface area contributed by atoms with E-state index in [2.05, 4.69) is 36.4 Å². The minimum atomic E-state index is -0.675. The van der Waals surface area contributed by atoms with Crippen molar-refractivity contribution in [1.29, 1.82) is 0 Å². The van der Waals surface area contributed by atoms with E-state index < -0.39 is 11.6 Å². The van der Waals surface area contributed by atoms with E-state index in [0.29, 0.717) is 18.2 Å². The second kappa shape index (κ2) is 9.94. The summed E-state index contributed by atoms with van der Waals surface area (Å²) in [7, 11) is 1.93. The van der Waals surface area contributed by atoms with E-state index in [9.17, 15) is 8.78 Å². The third-order valence-corrected chi connectivity index (χ3v) is 6.00. The van der Waals surface area contributed by atoms with Gasteiger partial charge in [-0.05, 0) is 46.6 Å². The molecule has 0 aliphatic carbocycles. The second-order valence-corrected chi connectivity index (χ2v) is 8.45. The van der Waals surface area contributed by atoms with Crippen molar-refractivity contribution in [1.82, 2.24) is 24.3 Å². The minimum absolute atomic E-state index is 0. The van der Waals surface area contributed by atoms with E-state index in [4.69, 9.17) is 4.74 Å². The average Bonchev–Trinajstić information content (AvgIpc) is 3.38. The van der Waals surface area contributed by atoms with E-state index in [-0.39, 0.29) is 18.1 Å². The quantitative estimate of drug-likeness (QED) is 0.253. The van der Waals surface area contributed by atoms with Gasteiger partial charge in [0.1, 0.15) is 17.4 Å². The van der Waals surface area contributed by atoms with Gasteiger partial charge < -0.3 is 19.2 Å². The fraction of sp³-hybridized carbons (Fsp3) is 0.174. The highest BCUT2D eigenvalue weighted by Crippen LogP contribution is 2.38. The molecule has 0 saturated carbocycles. The summed E-state index contributed by atoms with van der Waals surface area (Å²) in [6, 6.07) is 7.16. The summed E-state index contributed by atoms with van der Waals surface area (Å²) >= 11 is 3.60. The number of aryl methyl sites for hydroxylation is 2. The Hall–Kier alpha value is -3.24. The van der Waals surface area contributed by atoms with E-state index in [1.165, 1.54) is 12.1 Å². The van der Waals surface area contributed by atoms with Crippen LogP contribution >= 0.6 is 28.3 Å². The molecular formula is C23H20BrClF2N6O. The fourth-order valence-electron chi connectivity index (χ4n) is 3.86. The number of ether oxygens (including phenoxy) is 1. The van der Waals surface area contributed by atoms with E-state index in [0.717, 1.165) is 45.3 Å². The summed E-state index contributed by atoms with van der Waals surface area (Å²) < 4.78 is 38.2. The summed E-state index contributed by atoms with van der Waals surface area (Å²) in [5, 5.41) is 12.9. The number of rotatable bonds is 7. The predicted molar refractivity (Wildman–Crippen MR) is 133 cm³/mol. The summed E-state index contributed by atoms with van der Waals surface area (Å²) in [5.41, 5.74) is 2.01. The summed E-state index contributed by atoms with van der Waals surface area (Å²) in [6.45, 7) is 1.34. The molecule has 0 aliphatic heterocycles. The zero-order valence-electron chi connectivity index (χ0n) is 18.0. The van der Waals surface area contributed by atoms with Crippen LogP contribution in [0.15, 0.2) is 59.7 Å². The molecule has 3 heterocycles. The lowest BCUT2D eigenvalue weighted by atomic mass is 10.2. The molecule has 0 amide bonds. The van der Waals surface area contributed by atoms with Crippen molar-refractivity contribution in [2.75, 3.05) is 11.9 Å². The topological polar surface area (TPSA) is 69.8 Å². The number of nitrogens with one attached hydrogen (secondary N) is 1. The summed E-state index contributed by atoms with van der Waals surface area (Å²) in [5.74, 6) is -0.256. The first-order chi connectivity index (χ1) is 16.0. The lowest BCUT2D eigenvalue weighted by molar-refractivity contribution is 0.300. The molecule has 2 aromatic carbocycles.